The molecule has 2 unspecified atom stereocenters. The van der Waals surface area contributed by atoms with Gasteiger partial charge in [0.2, 0.25) is 0 Å². The van der Waals surface area contributed by atoms with Gasteiger partial charge in [-0.3, -0.25) is 13.9 Å². The first-order chi connectivity index (χ1) is 16.4. The predicted octanol–water partition coefficient (Wildman–Crippen LogP) is 5.57. The van der Waals surface area contributed by atoms with Gasteiger partial charge in [-0.1, -0.05) is 48.5 Å². The molecule has 0 aliphatic carbocycles. The third-order valence-corrected chi connectivity index (χ3v) is 6.82. The Morgan fingerprint density at radius 1 is 0.882 bits per heavy atom. The third kappa shape index (κ3) is 3.43. The Bertz CT molecular complexity index is 1590. The highest BCUT2D eigenvalue weighted by atomic mass is 16.4. The minimum Gasteiger partial charge on any atom is -0.481 e. The number of aryl methyl sites for hydroxylation is 2. The van der Waals surface area contributed by atoms with Crippen LogP contribution in [0.1, 0.15) is 47.7 Å². The van der Waals surface area contributed by atoms with Gasteiger partial charge in [-0.15, -0.1) is 0 Å². The number of aromatic amines is 1. The zero-order chi connectivity index (χ0) is 24.0. The molecule has 0 fully saturated rings. The summed E-state index contributed by atoms with van der Waals surface area (Å²) >= 11 is 0. The molecule has 0 spiro atoms. The lowest BCUT2D eigenvalue weighted by Gasteiger charge is -2.20. The molecule has 6 nitrogen and oxygen atoms in total. The Balaban J connectivity index is 1.77. The summed E-state index contributed by atoms with van der Waals surface area (Å²) in [6.07, 6.45) is 1.79. The maximum atomic E-state index is 14.1. The fourth-order valence-corrected chi connectivity index (χ4v) is 5.20. The number of carboxylic acids is 1. The number of nitrogens with zero attached hydrogens (tertiary/aromatic N) is 2. The van der Waals surface area contributed by atoms with Crippen molar-refractivity contribution >= 4 is 27.9 Å². The summed E-state index contributed by atoms with van der Waals surface area (Å²) < 4.78 is 3.45. The molecule has 2 aromatic heterocycles. The first kappa shape index (κ1) is 21.8. The smallest absolute Gasteiger partial charge is 0.330 e. The molecule has 0 saturated carbocycles. The van der Waals surface area contributed by atoms with Crippen LogP contribution in [0.2, 0.25) is 0 Å². The van der Waals surface area contributed by atoms with Crippen molar-refractivity contribution in [3.05, 3.63) is 106 Å². The van der Waals surface area contributed by atoms with Gasteiger partial charge in [-0.05, 0) is 55.7 Å². The summed E-state index contributed by atoms with van der Waals surface area (Å²) in [6, 6.07) is 20.5. The van der Waals surface area contributed by atoms with Gasteiger partial charge in [0.05, 0.1) is 29.5 Å². The summed E-state index contributed by atoms with van der Waals surface area (Å²) in [5, 5.41) is 10.9. The second-order valence-electron chi connectivity index (χ2n) is 8.90. The summed E-state index contributed by atoms with van der Waals surface area (Å²) in [6.45, 7) is 6.04. The lowest BCUT2D eigenvalue weighted by molar-refractivity contribution is -0.137. The first-order valence-corrected chi connectivity index (χ1v) is 11.4. The fourth-order valence-electron chi connectivity index (χ4n) is 5.20. The van der Waals surface area contributed by atoms with E-state index in [1.165, 1.54) is 0 Å². The normalized spacial score (nSPS) is 13.4. The molecule has 5 rings (SSSR count). The molecule has 0 aliphatic rings. The van der Waals surface area contributed by atoms with Gasteiger partial charge < -0.3 is 10.1 Å². The Morgan fingerprint density at radius 3 is 2.24 bits per heavy atom. The molecular formula is C28H27N3O3. The minimum absolute atomic E-state index is 0.181. The van der Waals surface area contributed by atoms with E-state index in [1.807, 2.05) is 80.7 Å². The van der Waals surface area contributed by atoms with Crippen LogP contribution in [0.4, 0.5) is 0 Å². The third-order valence-electron chi connectivity index (χ3n) is 6.82. The lowest BCUT2D eigenvalue weighted by Crippen LogP contribution is -2.31. The molecule has 2 atom stereocenters. The quantitative estimate of drug-likeness (QED) is 0.352. The molecule has 5 aromatic rings. The molecule has 0 bridgehead atoms. The van der Waals surface area contributed by atoms with E-state index < -0.39 is 12.0 Å². The number of carbonyl (C=O) groups is 1. The number of aromatic nitrogens is 3. The standard InChI is InChI=1S/C28H27N3O3/c1-17-9-4-5-11-20(17)25(15-26(32)33)31-24-14-7-6-13-23(24)30(28(31)34)19(3)21-16-29-22-12-8-10-18(2)27(21)22/h4-14,16,19,25,29H,15H2,1-3H3,(H,32,33). The SMILES string of the molecule is Cc1ccccc1C(CC(=O)O)n1c(=O)n(C(C)c2c[nH]c3cccc(C)c23)c2ccccc21. The molecule has 0 saturated heterocycles. The van der Waals surface area contributed by atoms with Crippen LogP contribution in [0.5, 0.6) is 0 Å². The highest BCUT2D eigenvalue weighted by Gasteiger charge is 2.28. The van der Waals surface area contributed by atoms with E-state index in [0.29, 0.717) is 0 Å². The fraction of sp³-hybridized carbons (Fsp3) is 0.214. The number of hydrogen-bond acceptors (Lipinski definition) is 2. The highest BCUT2D eigenvalue weighted by Crippen LogP contribution is 2.33. The van der Waals surface area contributed by atoms with Gasteiger partial charge in [0.25, 0.3) is 0 Å². The second-order valence-corrected chi connectivity index (χ2v) is 8.90. The highest BCUT2D eigenvalue weighted by molar-refractivity contribution is 5.87. The average molecular weight is 454 g/mol. The number of nitrogens with one attached hydrogen (secondary N) is 1. The topological polar surface area (TPSA) is 80.0 Å². The van der Waals surface area contributed by atoms with Crippen molar-refractivity contribution in [2.24, 2.45) is 0 Å². The minimum atomic E-state index is -0.947. The summed E-state index contributed by atoms with van der Waals surface area (Å²) in [5.41, 5.74) is 6.29. The van der Waals surface area contributed by atoms with Gasteiger partial charge >= 0.3 is 11.7 Å². The van der Waals surface area contributed by atoms with E-state index in [9.17, 15) is 14.7 Å². The molecule has 172 valence electrons. The number of benzene rings is 3. The largest absolute Gasteiger partial charge is 0.481 e. The zero-order valence-corrected chi connectivity index (χ0v) is 19.4. The number of carboxylic acid groups (broad SMARTS) is 1. The van der Waals surface area contributed by atoms with Crippen LogP contribution in [0.3, 0.4) is 0 Å². The average Bonchev–Trinajstić information content (AvgIpc) is 3.37. The molecule has 6 heteroatoms. The van der Waals surface area contributed by atoms with E-state index >= 15 is 0 Å². The van der Waals surface area contributed by atoms with Gasteiger partial charge in [-0.2, -0.15) is 0 Å². The van der Waals surface area contributed by atoms with Crippen molar-refractivity contribution in [1.82, 2.24) is 14.1 Å². The number of H-pyrrole nitrogens is 1. The Hall–Kier alpha value is -4.06. The number of aliphatic carboxylic acids is 1. The molecule has 2 N–H and O–H groups in total. The van der Waals surface area contributed by atoms with E-state index in [2.05, 4.69) is 18.0 Å². The van der Waals surface area contributed by atoms with Crippen LogP contribution in [-0.2, 0) is 4.79 Å². The summed E-state index contributed by atoms with van der Waals surface area (Å²) in [7, 11) is 0. The number of imidazole rings is 1. The van der Waals surface area contributed by atoms with Crippen LogP contribution >= 0.6 is 0 Å². The Morgan fingerprint density at radius 2 is 1.53 bits per heavy atom. The van der Waals surface area contributed by atoms with Crippen LogP contribution in [0, 0.1) is 13.8 Å². The molecule has 0 aliphatic heterocycles. The Kier molecular flexibility index (Phi) is 5.36. The molecule has 0 amide bonds. The van der Waals surface area contributed by atoms with Gasteiger partial charge in [0, 0.05) is 22.7 Å². The molecular weight excluding hydrogens is 426 g/mol. The first-order valence-electron chi connectivity index (χ1n) is 11.4. The lowest BCUT2D eigenvalue weighted by atomic mass is 9.98. The van der Waals surface area contributed by atoms with Crippen molar-refractivity contribution in [3.8, 4) is 0 Å². The van der Waals surface area contributed by atoms with Crippen LogP contribution in [0.15, 0.2) is 77.7 Å². The second kappa shape index (κ2) is 8.37. The van der Waals surface area contributed by atoms with Crippen LogP contribution < -0.4 is 5.69 Å². The van der Waals surface area contributed by atoms with Crippen molar-refractivity contribution in [2.45, 2.75) is 39.3 Å². The van der Waals surface area contributed by atoms with E-state index in [1.54, 1.807) is 9.13 Å². The predicted molar refractivity (Wildman–Crippen MR) is 135 cm³/mol. The van der Waals surface area contributed by atoms with Gasteiger partial charge in [0.1, 0.15) is 0 Å². The van der Waals surface area contributed by atoms with Gasteiger partial charge in [0.15, 0.2) is 0 Å². The van der Waals surface area contributed by atoms with Crippen molar-refractivity contribution in [1.29, 1.82) is 0 Å². The van der Waals surface area contributed by atoms with E-state index in [-0.39, 0.29) is 18.2 Å². The number of para-hydroxylation sites is 2. The zero-order valence-electron chi connectivity index (χ0n) is 19.4. The van der Waals surface area contributed by atoms with E-state index in [4.69, 9.17) is 0 Å². The van der Waals surface area contributed by atoms with Crippen molar-refractivity contribution < 1.29 is 9.90 Å². The van der Waals surface area contributed by atoms with Gasteiger partial charge in [-0.25, -0.2) is 4.79 Å². The Labute approximate surface area is 197 Å². The molecule has 3 aromatic carbocycles. The van der Waals surface area contributed by atoms with Crippen molar-refractivity contribution in [2.75, 3.05) is 0 Å². The maximum Gasteiger partial charge on any atom is 0.330 e. The number of fused-ring (bicyclic) bond motifs is 2. The molecule has 2 heterocycles. The van der Waals surface area contributed by atoms with E-state index in [0.717, 1.165) is 44.2 Å². The molecule has 34 heavy (non-hydrogen) atoms. The van der Waals surface area contributed by atoms with Crippen molar-refractivity contribution in [3.63, 3.8) is 0 Å². The summed E-state index contributed by atoms with van der Waals surface area (Å²) in [5.74, 6) is -0.947. The number of hydrogen-bond donors (Lipinski definition) is 2. The maximum absolute atomic E-state index is 14.1. The van der Waals surface area contributed by atoms with Crippen LogP contribution in [-0.4, -0.2) is 25.2 Å². The molecule has 0 radical (unpaired) electrons. The summed E-state index contributed by atoms with van der Waals surface area (Å²) in [4.78, 5) is 29.3. The number of rotatable bonds is 6. The monoisotopic (exact) mass is 453 g/mol. The van der Waals surface area contributed by atoms with Crippen LogP contribution in [0.25, 0.3) is 21.9 Å².